The van der Waals surface area contributed by atoms with Crippen LogP contribution >= 0.6 is 0 Å². The molecule has 0 saturated carbocycles. The van der Waals surface area contributed by atoms with Crippen LogP contribution in [0.4, 0.5) is 0 Å². The molecule has 1 saturated heterocycles. The number of hydrogen-bond acceptors (Lipinski definition) is 5. The molecule has 2 heterocycles. The average Bonchev–Trinajstić information content (AvgIpc) is 2.98. The standard InChI is InChI=1S/C10H17N5O3S/c1-19(17,18)15-6-2-3-8(15)10(16)11-5-4-9-12-7-13-14-9/h7-8H,2-6H2,1H3,(H,11,16)(H,12,13,14). The Bertz CT molecular complexity index is 527. The second-order valence-corrected chi connectivity index (χ2v) is 6.44. The summed E-state index contributed by atoms with van der Waals surface area (Å²) in [6.07, 6.45) is 4.36. The molecule has 19 heavy (non-hydrogen) atoms. The molecule has 1 aliphatic rings. The average molecular weight is 287 g/mol. The molecule has 0 radical (unpaired) electrons. The van der Waals surface area contributed by atoms with E-state index in [1.165, 1.54) is 10.6 Å². The highest BCUT2D eigenvalue weighted by Crippen LogP contribution is 2.20. The molecule has 1 fully saturated rings. The Morgan fingerprint density at radius 2 is 2.42 bits per heavy atom. The molecule has 1 aliphatic heterocycles. The van der Waals surface area contributed by atoms with Crippen molar-refractivity contribution >= 4 is 15.9 Å². The molecule has 0 aliphatic carbocycles. The van der Waals surface area contributed by atoms with Gasteiger partial charge in [-0.2, -0.15) is 9.40 Å². The summed E-state index contributed by atoms with van der Waals surface area (Å²) in [4.78, 5) is 15.9. The van der Waals surface area contributed by atoms with Gasteiger partial charge in [0.15, 0.2) is 0 Å². The van der Waals surface area contributed by atoms with E-state index >= 15 is 0 Å². The lowest BCUT2D eigenvalue weighted by Gasteiger charge is -2.21. The van der Waals surface area contributed by atoms with Gasteiger partial charge in [0.2, 0.25) is 15.9 Å². The van der Waals surface area contributed by atoms with Gasteiger partial charge < -0.3 is 5.32 Å². The molecule has 1 amide bonds. The Kier molecular flexibility index (Phi) is 4.15. The number of carbonyl (C=O) groups excluding carboxylic acids is 1. The summed E-state index contributed by atoms with van der Waals surface area (Å²) in [6, 6.07) is -0.579. The van der Waals surface area contributed by atoms with Gasteiger partial charge in [-0.25, -0.2) is 13.4 Å². The van der Waals surface area contributed by atoms with Gasteiger partial charge in [0, 0.05) is 19.5 Å². The van der Waals surface area contributed by atoms with Gasteiger partial charge in [-0.1, -0.05) is 0 Å². The molecule has 9 heteroatoms. The van der Waals surface area contributed by atoms with Crippen LogP contribution in [0.25, 0.3) is 0 Å². The lowest BCUT2D eigenvalue weighted by atomic mass is 10.2. The monoisotopic (exact) mass is 287 g/mol. The normalized spacial score (nSPS) is 20.6. The first kappa shape index (κ1) is 13.9. The van der Waals surface area contributed by atoms with Crippen molar-refractivity contribution < 1.29 is 13.2 Å². The van der Waals surface area contributed by atoms with Crippen LogP contribution in [0.15, 0.2) is 6.33 Å². The number of aromatic nitrogens is 3. The number of aromatic amines is 1. The van der Waals surface area contributed by atoms with Gasteiger partial charge in [-0.05, 0) is 12.8 Å². The molecule has 8 nitrogen and oxygen atoms in total. The number of rotatable bonds is 5. The quantitative estimate of drug-likeness (QED) is 0.713. The maximum absolute atomic E-state index is 12.0. The third kappa shape index (κ3) is 3.51. The van der Waals surface area contributed by atoms with E-state index in [-0.39, 0.29) is 5.91 Å². The highest BCUT2D eigenvalue weighted by Gasteiger charge is 2.36. The molecule has 0 spiro atoms. The van der Waals surface area contributed by atoms with E-state index in [1.54, 1.807) is 0 Å². The minimum Gasteiger partial charge on any atom is -0.354 e. The topological polar surface area (TPSA) is 108 Å². The number of H-pyrrole nitrogens is 1. The maximum Gasteiger partial charge on any atom is 0.238 e. The van der Waals surface area contributed by atoms with Gasteiger partial charge in [0.25, 0.3) is 0 Å². The van der Waals surface area contributed by atoms with Crippen LogP contribution in [0.2, 0.25) is 0 Å². The fourth-order valence-corrected chi connectivity index (χ4v) is 3.30. The third-order valence-corrected chi connectivity index (χ3v) is 4.35. The van der Waals surface area contributed by atoms with Gasteiger partial charge in [0.1, 0.15) is 18.2 Å². The van der Waals surface area contributed by atoms with E-state index in [4.69, 9.17) is 0 Å². The van der Waals surface area contributed by atoms with Crippen LogP contribution in [-0.4, -0.2) is 59.2 Å². The molecule has 1 unspecified atom stereocenters. The Balaban J connectivity index is 1.85. The minimum absolute atomic E-state index is 0.248. The van der Waals surface area contributed by atoms with Crippen molar-refractivity contribution in [2.75, 3.05) is 19.3 Å². The van der Waals surface area contributed by atoms with E-state index in [9.17, 15) is 13.2 Å². The first-order valence-corrected chi connectivity index (χ1v) is 7.92. The molecule has 1 aromatic rings. The summed E-state index contributed by atoms with van der Waals surface area (Å²) >= 11 is 0. The van der Waals surface area contributed by atoms with E-state index in [1.807, 2.05) is 0 Å². The van der Waals surface area contributed by atoms with E-state index in [0.29, 0.717) is 38.2 Å². The molecule has 2 N–H and O–H groups in total. The number of nitrogens with zero attached hydrogens (tertiary/aromatic N) is 3. The van der Waals surface area contributed by atoms with Crippen molar-refractivity contribution in [3.05, 3.63) is 12.2 Å². The van der Waals surface area contributed by atoms with Crippen molar-refractivity contribution in [1.82, 2.24) is 24.8 Å². The molecule has 2 rings (SSSR count). The van der Waals surface area contributed by atoms with Crippen LogP contribution in [0, 0.1) is 0 Å². The smallest absolute Gasteiger partial charge is 0.238 e. The Hall–Kier alpha value is -1.48. The summed E-state index contributed by atoms with van der Waals surface area (Å²) in [5.41, 5.74) is 0. The number of hydrogen-bond donors (Lipinski definition) is 2. The fourth-order valence-electron chi connectivity index (χ4n) is 2.17. The number of carbonyl (C=O) groups is 1. The highest BCUT2D eigenvalue weighted by molar-refractivity contribution is 7.88. The van der Waals surface area contributed by atoms with Crippen molar-refractivity contribution in [3.8, 4) is 0 Å². The summed E-state index contributed by atoms with van der Waals surface area (Å²) in [6.45, 7) is 0.821. The lowest BCUT2D eigenvalue weighted by Crippen LogP contribution is -2.45. The first-order valence-electron chi connectivity index (χ1n) is 6.07. The minimum atomic E-state index is -3.32. The summed E-state index contributed by atoms with van der Waals surface area (Å²) in [5.74, 6) is 0.439. The molecule has 0 bridgehead atoms. The van der Waals surface area contributed by atoms with Gasteiger partial charge in [-0.3, -0.25) is 9.89 Å². The van der Waals surface area contributed by atoms with Gasteiger partial charge >= 0.3 is 0 Å². The van der Waals surface area contributed by atoms with Crippen LogP contribution in [0.1, 0.15) is 18.7 Å². The third-order valence-electron chi connectivity index (χ3n) is 3.06. The molecular formula is C10H17N5O3S. The molecular weight excluding hydrogens is 270 g/mol. The first-order chi connectivity index (χ1) is 8.98. The Labute approximate surface area is 111 Å². The molecule has 0 aromatic carbocycles. The predicted molar refractivity (Wildman–Crippen MR) is 67.7 cm³/mol. The summed E-state index contributed by atoms with van der Waals surface area (Å²) in [7, 11) is -3.32. The molecule has 106 valence electrons. The van der Waals surface area contributed by atoms with E-state index < -0.39 is 16.1 Å². The Morgan fingerprint density at radius 1 is 1.63 bits per heavy atom. The zero-order chi connectivity index (χ0) is 13.9. The Morgan fingerprint density at radius 3 is 3.05 bits per heavy atom. The van der Waals surface area contributed by atoms with Crippen molar-refractivity contribution in [2.45, 2.75) is 25.3 Å². The predicted octanol–water partition coefficient (Wildman–Crippen LogP) is -1.11. The maximum atomic E-state index is 12.0. The van der Waals surface area contributed by atoms with Crippen molar-refractivity contribution in [2.24, 2.45) is 0 Å². The molecule has 1 atom stereocenters. The zero-order valence-corrected chi connectivity index (χ0v) is 11.5. The van der Waals surface area contributed by atoms with Gasteiger partial charge in [-0.15, -0.1) is 0 Å². The van der Waals surface area contributed by atoms with Crippen molar-refractivity contribution in [1.29, 1.82) is 0 Å². The second-order valence-electron chi connectivity index (χ2n) is 4.50. The van der Waals surface area contributed by atoms with Gasteiger partial charge in [0.05, 0.1) is 6.26 Å². The van der Waals surface area contributed by atoms with E-state index in [0.717, 1.165) is 6.26 Å². The number of sulfonamides is 1. The number of nitrogens with one attached hydrogen (secondary N) is 2. The zero-order valence-electron chi connectivity index (χ0n) is 10.7. The highest BCUT2D eigenvalue weighted by atomic mass is 32.2. The van der Waals surface area contributed by atoms with E-state index in [2.05, 4.69) is 20.5 Å². The summed E-state index contributed by atoms with van der Waals surface area (Å²) in [5, 5.41) is 9.13. The largest absolute Gasteiger partial charge is 0.354 e. The van der Waals surface area contributed by atoms with Crippen molar-refractivity contribution in [3.63, 3.8) is 0 Å². The number of amides is 1. The van der Waals surface area contributed by atoms with Crippen LogP contribution in [0.3, 0.4) is 0 Å². The lowest BCUT2D eigenvalue weighted by molar-refractivity contribution is -0.124. The SMILES string of the molecule is CS(=O)(=O)N1CCCC1C(=O)NCCc1ncn[nH]1. The van der Waals surface area contributed by atoms with Crippen LogP contribution in [0.5, 0.6) is 0 Å². The second kappa shape index (κ2) is 5.66. The van der Waals surface area contributed by atoms with Crippen LogP contribution in [-0.2, 0) is 21.2 Å². The van der Waals surface area contributed by atoms with Crippen LogP contribution < -0.4 is 5.32 Å². The molecule has 1 aromatic heterocycles. The fraction of sp³-hybridized carbons (Fsp3) is 0.700. The summed E-state index contributed by atoms with van der Waals surface area (Å²) < 4.78 is 24.3.